The van der Waals surface area contributed by atoms with E-state index >= 15 is 0 Å². The number of aryl methyl sites for hydroxylation is 1. The summed E-state index contributed by atoms with van der Waals surface area (Å²) in [7, 11) is 0. The summed E-state index contributed by atoms with van der Waals surface area (Å²) >= 11 is 1.55. The summed E-state index contributed by atoms with van der Waals surface area (Å²) in [6.07, 6.45) is 7.64. The Balaban J connectivity index is 2.48. The number of rotatable bonds is 3. The minimum absolute atomic E-state index is 0.000295. The molecule has 0 atom stereocenters. The van der Waals surface area contributed by atoms with Gasteiger partial charge in [0.2, 0.25) is 0 Å². The third-order valence-electron chi connectivity index (χ3n) is 2.67. The van der Waals surface area contributed by atoms with E-state index in [2.05, 4.69) is 9.97 Å². The van der Waals surface area contributed by atoms with Crippen molar-refractivity contribution < 1.29 is 0 Å². The molecule has 0 fully saturated rings. The largest absolute Gasteiger partial charge is 0.349 e. The molecule has 2 rings (SSSR count). The van der Waals surface area contributed by atoms with Crippen molar-refractivity contribution in [3.63, 3.8) is 0 Å². The van der Waals surface area contributed by atoms with Gasteiger partial charge in [-0.15, -0.1) is 0 Å². The molecule has 0 spiro atoms. The predicted octanol–water partition coefficient (Wildman–Crippen LogP) is 3.80. The van der Waals surface area contributed by atoms with Crippen molar-refractivity contribution in [2.24, 2.45) is 0 Å². The number of nitrogens with one attached hydrogen (secondary N) is 1. The van der Waals surface area contributed by atoms with Gasteiger partial charge in [-0.2, -0.15) is 0 Å². The molecule has 19 heavy (non-hydrogen) atoms. The van der Waals surface area contributed by atoms with Gasteiger partial charge in [0.25, 0.3) is 0 Å². The van der Waals surface area contributed by atoms with E-state index in [0.29, 0.717) is 5.39 Å². The zero-order valence-electron chi connectivity index (χ0n) is 11.2. The summed E-state index contributed by atoms with van der Waals surface area (Å²) in [6, 6.07) is 3.52. The van der Waals surface area contributed by atoms with Gasteiger partial charge < -0.3 is 4.98 Å². The molecule has 3 nitrogen and oxygen atoms in total. The fourth-order valence-electron chi connectivity index (χ4n) is 1.76. The lowest BCUT2D eigenvalue weighted by atomic mass is 10.2. The summed E-state index contributed by atoms with van der Waals surface area (Å²) < 4.78 is 0. The molecule has 1 N–H and O–H groups in total. The summed E-state index contributed by atoms with van der Waals surface area (Å²) in [5.41, 5.74) is 1.73. The van der Waals surface area contributed by atoms with Crippen molar-refractivity contribution in [2.45, 2.75) is 25.8 Å². The first-order valence-electron chi connectivity index (χ1n) is 6.10. The highest BCUT2D eigenvalue weighted by Crippen LogP contribution is 2.26. The van der Waals surface area contributed by atoms with E-state index in [1.54, 1.807) is 24.0 Å². The Morgan fingerprint density at radius 1 is 1.37 bits per heavy atom. The van der Waals surface area contributed by atoms with Crippen LogP contribution >= 0.6 is 11.8 Å². The lowest BCUT2D eigenvalue weighted by Crippen LogP contribution is -2.03. The Morgan fingerprint density at radius 2 is 2.16 bits per heavy atom. The molecule has 0 amide bonds. The van der Waals surface area contributed by atoms with E-state index in [0.717, 1.165) is 21.1 Å². The molecule has 2 heterocycles. The van der Waals surface area contributed by atoms with Crippen molar-refractivity contribution >= 4 is 22.7 Å². The summed E-state index contributed by atoms with van der Waals surface area (Å²) in [5.74, 6) is 0. The standard InChI is InChI=1S/C15H16N2OS/c1-4-6-11(5-2)19-15-8-14(18)12-9-16-10(3)7-13(12)17-15/h4-9H,1-3H3,(H,17,18)/b6-4-,11-5+. The van der Waals surface area contributed by atoms with Crippen molar-refractivity contribution in [1.29, 1.82) is 0 Å². The predicted molar refractivity (Wildman–Crippen MR) is 81.5 cm³/mol. The van der Waals surface area contributed by atoms with Gasteiger partial charge in [0.15, 0.2) is 5.43 Å². The Bertz CT molecular complexity index is 714. The monoisotopic (exact) mass is 272 g/mol. The normalized spacial score (nSPS) is 12.5. The molecule has 0 aliphatic carbocycles. The van der Waals surface area contributed by atoms with Gasteiger partial charge in [0.05, 0.1) is 15.9 Å². The fraction of sp³-hybridized carbons (Fsp3) is 0.200. The summed E-state index contributed by atoms with van der Waals surface area (Å²) in [6.45, 7) is 5.87. The summed E-state index contributed by atoms with van der Waals surface area (Å²) in [5, 5.41) is 1.47. The Morgan fingerprint density at radius 3 is 2.84 bits per heavy atom. The van der Waals surface area contributed by atoms with Gasteiger partial charge in [-0.3, -0.25) is 9.78 Å². The lowest BCUT2D eigenvalue weighted by Gasteiger charge is -2.05. The maximum absolute atomic E-state index is 12.0. The summed E-state index contributed by atoms with van der Waals surface area (Å²) in [4.78, 5) is 20.6. The van der Waals surface area contributed by atoms with E-state index in [1.165, 1.54) is 0 Å². The first-order valence-corrected chi connectivity index (χ1v) is 6.92. The maximum Gasteiger partial charge on any atom is 0.192 e. The molecule has 98 valence electrons. The van der Waals surface area contributed by atoms with Crippen LogP contribution < -0.4 is 5.43 Å². The lowest BCUT2D eigenvalue weighted by molar-refractivity contribution is 1.15. The molecule has 2 aromatic rings. The van der Waals surface area contributed by atoms with Crippen LogP contribution in [0.1, 0.15) is 19.5 Å². The first-order chi connectivity index (χ1) is 9.13. The molecule has 0 aliphatic heterocycles. The number of aromatic amines is 1. The van der Waals surface area contributed by atoms with Crippen molar-refractivity contribution in [1.82, 2.24) is 9.97 Å². The minimum atomic E-state index is -0.000295. The molecular formula is C15H16N2OS. The number of aromatic nitrogens is 2. The molecule has 0 unspecified atom stereocenters. The molecule has 0 bridgehead atoms. The smallest absolute Gasteiger partial charge is 0.192 e. The molecule has 4 heteroatoms. The SMILES string of the molecule is C/C=C\C(=C/C)Sc1cc(=O)c2cnc(C)cc2[nH]1. The van der Waals surface area contributed by atoms with Crippen LogP contribution in [0.5, 0.6) is 0 Å². The molecule has 0 aliphatic rings. The Hall–Kier alpha value is -1.81. The van der Waals surface area contributed by atoms with Crippen LogP contribution in [0.15, 0.2) is 51.3 Å². The number of H-pyrrole nitrogens is 1. The Kier molecular flexibility index (Phi) is 4.22. The fourth-order valence-corrected chi connectivity index (χ4v) is 2.66. The second-order valence-electron chi connectivity index (χ2n) is 4.16. The van der Waals surface area contributed by atoms with Gasteiger partial charge in [-0.25, -0.2) is 0 Å². The third kappa shape index (κ3) is 3.15. The van der Waals surface area contributed by atoms with Gasteiger partial charge in [0, 0.05) is 22.9 Å². The molecule has 0 saturated heterocycles. The van der Waals surface area contributed by atoms with Crippen molar-refractivity contribution in [2.75, 3.05) is 0 Å². The minimum Gasteiger partial charge on any atom is -0.349 e. The number of hydrogen-bond donors (Lipinski definition) is 1. The average Bonchev–Trinajstić information content (AvgIpc) is 2.37. The quantitative estimate of drug-likeness (QED) is 0.682. The van der Waals surface area contributed by atoms with E-state index in [-0.39, 0.29) is 5.43 Å². The van der Waals surface area contributed by atoms with Crippen LogP contribution in [-0.4, -0.2) is 9.97 Å². The van der Waals surface area contributed by atoms with Crippen LogP contribution in [0.2, 0.25) is 0 Å². The van der Waals surface area contributed by atoms with Crippen LogP contribution in [0.3, 0.4) is 0 Å². The van der Waals surface area contributed by atoms with E-state index in [1.807, 2.05) is 45.1 Å². The van der Waals surface area contributed by atoms with Crippen LogP contribution in [0, 0.1) is 6.92 Å². The zero-order chi connectivity index (χ0) is 13.8. The second kappa shape index (κ2) is 5.89. The molecule has 0 radical (unpaired) electrons. The van der Waals surface area contributed by atoms with E-state index in [4.69, 9.17) is 0 Å². The highest BCUT2D eigenvalue weighted by Gasteiger charge is 2.04. The first kappa shape index (κ1) is 13.6. The number of allylic oxidation sites excluding steroid dienone is 3. The number of fused-ring (bicyclic) bond motifs is 1. The van der Waals surface area contributed by atoms with Crippen LogP contribution in [0.4, 0.5) is 0 Å². The average molecular weight is 272 g/mol. The van der Waals surface area contributed by atoms with E-state index in [9.17, 15) is 4.79 Å². The van der Waals surface area contributed by atoms with Crippen molar-refractivity contribution in [3.8, 4) is 0 Å². The van der Waals surface area contributed by atoms with Crippen LogP contribution in [0.25, 0.3) is 10.9 Å². The zero-order valence-corrected chi connectivity index (χ0v) is 12.0. The molecular weight excluding hydrogens is 256 g/mol. The Labute approximate surface area is 116 Å². The molecule has 2 aromatic heterocycles. The van der Waals surface area contributed by atoms with Crippen molar-refractivity contribution in [3.05, 3.63) is 57.4 Å². The number of thioether (sulfide) groups is 1. The van der Waals surface area contributed by atoms with E-state index < -0.39 is 0 Å². The topological polar surface area (TPSA) is 45.8 Å². The number of hydrogen-bond acceptors (Lipinski definition) is 3. The second-order valence-corrected chi connectivity index (χ2v) is 5.28. The number of pyridine rings is 2. The van der Waals surface area contributed by atoms with Gasteiger partial charge in [-0.1, -0.05) is 30.0 Å². The van der Waals surface area contributed by atoms with Gasteiger partial charge >= 0.3 is 0 Å². The highest BCUT2D eigenvalue weighted by molar-refractivity contribution is 8.03. The highest BCUT2D eigenvalue weighted by atomic mass is 32.2. The van der Waals surface area contributed by atoms with Gasteiger partial charge in [-0.05, 0) is 26.8 Å². The van der Waals surface area contributed by atoms with Gasteiger partial charge in [0.1, 0.15) is 0 Å². The maximum atomic E-state index is 12.0. The van der Waals surface area contributed by atoms with Crippen LogP contribution in [-0.2, 0) is 0 Å². The number of nitrogens with zero attached hydrogens (tertiary/aromatic N) is 1. The molecule has 0 aromatic carbocycles. The third-order valence-corrected chi connectivity index (χ3v) is 3.72. The molecule has 0 saturated carbocycles.